The average molecular weight is 496 g/mol. The van der Waals surface area contributed by atoms with E-state index < -0.39 is 23.4 Å². The monoisotopic (exact) mass is 496 g/mol. The molecule has 34 heavy (non-hydrogen) atoms. The summed E-state index contributed by atoms with van der Waals surface area (Å²) in [5.74, 6) is -0.641. The third-order valence-electron chi connectivity index (χ3n) is 5.28. The van der Waals surface area contributed by atoms with E-state index in [4.69, 9.17) is 9.88 Å². The number of alkyl halides is 3. The number of hydrogen-bond acceptors (Lipinski definition) is 6. The van der Waals surface area contributed by atoms with E-state index in [1.807, 2.05) is 0 Å². The van der Waals surface area contributed by atoms with Gasteiger partial charge in [0, 0.05) is 32.4 Å². The minimum atomic E-state index is -4.77. The predicted octanol–water partition coefficient (Wildman–Crippen LogP) is 2.37. The van der Waals surface area contributed by atoms with E-state index in [2.05, 4.69) is 9.72 Å². The number of amides is 2. The Bertz CT molecular complexity index is 1130. The molecule has 1 atom stereocenters. The maximum atomic E-state index is 12.7. The first-order chi connectivity index (χ1) is 16.1. The minimum Gasteiger partial charge on any atom is -0.445 e. The third-order valence-corrected chi connectivity index (χ3v) is 5.99. The van der Waals surface area contributed by atoms with Gasteiger partial charge in [-0.1, -0.05) is 12.1 Å². The zero-order valence-electron chi connectivity index (χ0n) is 17.6. The van der Waals surface area contributed by atoms with Crippen molar-refractivity contribution in [1.29, 1.82) is 0 Å². The number of carbonyl (C=O) groups is 2. The third kappa shape index (κ3) is 5.54. The van der Waals surface area contributed by atoms with Gasteiger partial charge in [-0.25, -0.2) is 19.1 Å². The van der Waals surface area contributed by atoms with Crippen molar-refractivity contribution < 1.29 is 36.4 Å². The van der Waals surface area contributed by atoms with Gasteiger partial charge in [0.2, 0.25) is 0 Å². The van der Waals surface area contributed by atoms with Crippen molar-refractivity contribution in [2.75, 3.05) is 26.2 Å². The normalized spacial score (nSPS) is 16.5. The average Bonchev–Trinajstić information content (AvgIpc) is 3.36. The van der Waals surface area contributed by atoms with Crippen molar-refractivity contribution in [3.63, 3.8) is 0 Å². The van der Waals surface area contributed by atoms with Crippen molar-refractivity contribution in [1.82, 2.24) is 14.8 Å². The maximum absolute atomic E-state index is 12.7. The van der Waals surface area contributed by atoms with Crippen LogP contribution in [0.25, 0.3) is 0 Å². The van der Waals surface area contributed by atoms with Gasteiger partial charge in [-0.05, 0) is 41.0 Å². The summed E-state index contributed by atoms with van der Waals surface area (Å²) < 4.78 is 57.0. The molecule has 0 saturated carbocycles. The van der Waals surface area contributed by atoms with Crippen LogP contribution < -0.4 is 9.88 Å². The standard InChI is InChI=1S/C21H19F3N4O5S/c22-21(23,24)33-16-3-1-13(2-4-16)12-32-20(30)28-10-14-8-27(9-15(14)11-28)19(29)18-6-5-17(7-26-18)34(25)31/h1-7H,8-12,25H2. The Morgan fingerprint density at radius 3 is 2.15 bits per heavy atom. The number of pyridine rings is 1. The van der Waals surface area contributed by atoms with Crippen LogP contribution in [0.1, 0.15) is 16.1 Å². The van der Waals surface area contributed by atoms with Crippen molar-refractivity contribution in [2.24, 2.45) is 5.14 Å². The Morgan fingerprint density at radius 2 is 1.62 bits per heavy atom. The van der Waals surface area contributed by atoms with E-state index in [1.165, 1.54) is 35.4 Å². The summed E-state index contributed by atoms with van der Waals surface area (Å²) in [5.41, 5.74) is 2.60. The van der Waals surface area contributed by atoms with Crippen LogP contribution in [-0.4, -0.2) is 63.5 Å². The van der Waals surface area contributed by atoms with Gasteiger partial charge in [-0.3, -0.25) is 4.79 Å². The molecule has 2 aliphatic heterocycles. The van der Waals surface area contributed by atoms with E-state index >= 15 is 0 Å². The molecule has 0 saturated heterocycles. The van der Waals surface area contributed by atoms with Gasteiger partial charge < -0.3 is 19.3 Å². The molecule has 2 aliphatic rings. The van der Waals surface area contributed by atoms with Crippen LogP contribution in [0.2, 0.25) is 0 Å². The van der Waals surface area contributed by atoms with E-state index in [-0.39, 0.29) is 24.0 Å². The first kappa shape index (κ1) is 23.7. The SMILES string of the molecule is NS(=O)c1ccc(C(=O)N2CC3=C(CN(C(=O)OCc4ccc(OC(F)(F)F)cc4)C3)C2)nc1. The molecule has 180 valence electrons. The Morgan fingerprint density at radius 1 is 1.00 bits per heavy atom. The molecule has 2 aromatic rings. The highest BCUT2D eigenvalue weighted by Crippen LogP contribution is 2.27. The van der Waals surface area contributed by atoms with Crippen LogP contribution in [0, 0.1) is 0 Å². The van der Waals surface area contributed by atoms with E-state index in [1.54, 1.807) is 4.90 Å². The van der Waals surface area contributed by atoms with Gasteiger partial charge in [-0.15, -0.1) is 13.2 Å². The van der Waals surface area contributed by atoms with Crippen LogP contribution in [-0.2, 0) is 22.3 Å². The fourth-order valence-corrected chi connectivity index (χ4v) is 4.02. The van der Waals surface area contributed by atoms with Crippen molar-refractivity contribution >= 4 is 23.0 Å². The molecule has 1 aromatic heterocycles. The number of halogens is 3. The Hall–Kier alpha value is -3.45. The van der Waals surface area contributed by atoms with Gasteiger partial charge in [0.15, 0.2) is 0 Å². The fourth-order valence-electron chi connectivity index (χ4n) is 3.66. The summed E-state index contributed by atoms with van der Waals surface area (Å²) in [4.78, 5) is 32.5. The first-order valence-electron chi connectivity index (χ1n) is 9.97. The summed E-state index contributed by atoms with van der Waals surface area (Å²) in [6, 6.07) is 8.01. The first-order valence-corrected chi connectivity index (χ1v) is 11.2. The molecule has 2 amide bonds. The number of aromatic nitrogens is 1. The van der Waals surface area contributed by atoms with Crippen LogP contribution in [0.3, 0.4) is 0 Å². The van der Waals surface area contributed by atoms with Gasteiger partial charge in [0.25, 0.3) is 5.91 Å². The lowest BCUT2D eigenvalue weighted by Crippen LogP contribution is -2.36. The largest absolute Gasteiger partial charge is 0.573 e. The molecule has 9 nitrogen and oxygen atoms in total. The molecule has 4 rings (SSSR count). The van der Waals surface area contributed by atoms with Gasteiger partial charge >= 0.3 is 12.5 Å². The lowest BCUT2D eigenvalue weighted by atomic mass is 10.2. The maximum Gasteiger partial charge on any atom is 0.573 e. The lowest BCUT2D eigenvalue weighted by Gasteiger charge is -2.22. The summed E-state index contributed by atoms with van der Waals surface area (Å²) in [6.07, 6.45) is -4.03. The molecular weight excluding hydrogens is 477 g/mol. The summed E-state index contributed by atoms with van der Waals surface area (Å²) in [5, 5.41) is 5.29. The van der Waals surface area contributed by atoms with E-state index in [0.717, 1.165) is 23.3 Å². The molecule has 2 N–H and O–H groups in total. The van der Waals surface area contributed by atoms with Crippen LogP contribution in [0.15, 0.2) is 58.6 Å². The lowest BCUT2D eigenvalue weighted by molar-refractivity contribution is -0.274. The topological polar surface area (TPSA) is 115 Å². The Balaban J connectivity index is 1.25. The zero-order valence-corrected chi connectivity index (χ0v) is 18.4. The van der Waals surface area contributed by atoms with Crippen LogP contribution in [0.5, 0.6) is 5.75 Å². The van der Waals surface area contributed by atoms with Crippen molar-refractivity contribution in [3.8, 4) is 5.75 Å². The Kier molecular flexibility index (Phi) is 6.57. The van der Waals surface area contributed by atoms with Gasteiger partial charge in [0.05, 0.1) is 4.90 Å². The molecule has 13 heteroatoms. The smallest absolute Gasteiger partial charge is 0.445 e. The molecular formula is C21H19F3N4O5S. The fraction of sp³-hybridized carbons (Fsp3) is 0.286. The van der Waals surface area contributed by atoms with Crippen LogP contribution in [0.4, 0.5) is 18.0 Å². The quantitative estimate of drug-likeness (QED) is 0.636. The number of nitrogens with zero attached hydrogens (tertiary/aromatic N) is 3. The molecule has 0 fully saturated rings. The molecule has 3 heterocycles. The molecule has 1 unspecified atom stereocenters. The zero-order chi connectivity index (χ0) is 24.5. The van der Waals surface area contributed by atoms with E-state index in [9.17, 15) is 27.0 Å². The summed E-state index contributed by atoms with van der Waals surface area (Å²) in [7, 11) is -1.68. The molecule has 0 bridgehead atoms. The van der Waals surface area contributed by atoms with Gasteiger partial charge in [0.1, 0.15) is 29.0 Å². The number of hydrogen-bond donors (Lipinski definition) is 1. The highest BCUT2D eigenvalue weighted by molar-refractivity contribution is 7.82. The number of rotatable bonds is 5. The molecule has 0 spiro atoms. The highest BCUT2D eigenvalue weighted by atomic mass is 32.2. The molecule has 0 aliphatic carbocycles. The highest BCUT2D eigenvalue weighted by Gasteiger charge is 2.35. The Labute approximate surface area is 194 Å². The number of ether oxygens (including phenoxy) is 2. The molecule has 1 aromatic carbocycles. The van der Waals surface area contributed by atoms with Crippen molar-refractivity contribution in [2.45, 2.75) is 17.9 Å². The second kappa shape index (κ2) is 9.43. The van der Waals surface area contributed by atoms with Crippen molar-refractivity contribution in [3.05, 3.63) is 65.0 Å². The summed E-state index contributed by atoms with van der Waals surface area (Å²) in [6.45, 7) is 1.23. The number of benzene rings is 1. The molecule has 0 radical (unpaired) electrons. The number of carbonyl (C=O) groups excluding carboxylic acids is 2. The van der Waals surface area contributed by atoms with E-state index in [0.29, 0.717) is 36.6 Å². The van der Waals surface area contributed by atoms with Gasteiger partial charge in [-0.2, -0.15) is 0 Å². The second-order valence-electron chi connectivity index (χ2n) is 7.65. The number of nitrogens with two attached hydrogens (primary N) is 1. The second-order valence-corrected chi connectivity index (χ2v) is 8.71. The predicted molar refractivity (Wildman–Crippen MR) is 113 cm³/mol. The minimum absolute atomic E-state index is 0.105. The van der Waals surface area contributed by atoms with Crippen LogP contribution >= 0.6 is 0 Å². The summed E-state index contributed by atoms with van der Waals surface area (Å²) >= 11 is 0.